The van der Waals surface area contributed by atoms with Gasteiger partial charge in [0.05, 0.1) is 6.54 Å². The number of nitrogens with one attached hydrogen (secondary N) is 3. The summed E-state index contributed by atoms with van der Waals surface area (Å²) in [7, 11) is 1.78. The number of aliphatic imine (C=N–C) groups is 1. The molecule has 0 saturated heterocycles. The molecule has 1 amide bonds. The first kappa shape index (κ1) is 18.8. The first-order valence-electron chi connectivity index (χ1n) is 9.01. The van der Waals surface area contributed by atoms with Crippen molar-refractivity contribution in [3.63, 3.8) is 0 Å². The molecule has 23 heavy (non-hydrogen) atoms. The first-order valence-corrected chi connectivity index (χ1v) is 9.01. The molecule has 0 aromatic carbocycles. The van der Waals surface area contributed by atoms with Gasteiger partial charge in [0, 0.05) is 19.1 Å². The predicted octanol–water partition coefficient (Wildman–Crippen LogP) is 2.41. The summed E-state index contributed by atoms with van der Waals surface area (Å²) in [5.74, 6) is 2.70. The number of fused-ring (bicyclic) bond motifs is 1. The topological polar surface area (TPSA) is 65.5 Å². The van der Waals surface area contributed by atoms with Crippen molar-refractivity contribution in [3.8, 4) is 0 Å². The fourth-order valence-corrected chi connectivity index (χ4v) is 4.06. The van der Waals surface area contributed by atoms with Gasteiger partial charge < -0.3 is 16.0 Å². The molecule has 0 aliphatic heterocycles. The van der Waals surface area contributed by atoms with Gasteiger partial charge in [-0.1, -0.05) is 25.7 Å². The predicted molar refractivity (Wildman–Crippen MR) is 104 cm³/mol. The zero-order chi connectivity index (χ0) is 15.4. The average molecular weight is 434 g/mol. The summed E-state index contributed by atoms with van der Waals surface area (Å²) in [5.41, 5.74) is 0. The summed E-state index contributed by atoms with van der Waals surface area (Å²) in [5, 5.41) is 9.66. The third-order valence-corrected chi connectivity index (χ3v) is 5.46. The van der Waals surface area contributed by atoms with Crippen molar-refractivity contribution in [3.05, 3.63) is 0 Å². The number of rotatable bonds is 4. The van der Waals surface area contributed by atoms with Gasteiger partial charge in [-0.3, -0.25) is 9.79 Å². The van der Waals surface area contributed by atoms with Crippen LogP contribution in [-0.2, 0) is 4.79 Å². The van der Waals surface area contributed by atoms with E-state index in [4.69, 9.17) is 0 Å². The Balaban J connectivity index is 0.00000192. The molecule has 5 nitrogen and oxygen atoms in total. The van der Waals surface area contributed by atoms with Crippen molar-refractivity contribution >= 4 is 35.8 Å². The van der Waals surface area contributed by atoms with Gasteiger partial charge >= 0.3 is 0 Å². The second kappa shape index (κ2) is 9.08. The summed E-state index contributed by atoms with van der Waals surface area (Å²) in [6.07, 6.45) is 11.8. The Bertz CT molecular complexity index is 425. The van der Waals surface area contributed by atoms with Crippen LogP contribution in [0.4, 0.5) is 0 Å². The van der Waals surface area contributed by atoms with E-state index >= 15 is 0 Å². The molecule has 3 saturated carbocycles. The standard InChI is InChI=1S/C17H30N4O.HI/c1-18-17(19-11-16(22)20-14-8-9-14)21-15-7-6-12-4-2-3-5-13(12)10-15;/h12-15H,2-11H2,1H3,(H,20,22)(H2,18,19,21);1H. The molecule has 132 valence electrons. The van der Waals surface area contributed by atoms with Crippen LogP contribution in [0.5, 0.6) is 0 Å². The number of amides is 1. The Kier molecular flexibility index (Phi) is 7.43. The highest BCUT2D eigenvalue weighted by Crippen LogP contribution is 2.40. The minimum absolute atomic E-state index is 0. The summed E-state index contributed by atoms with van der Waals surface area (Å²) in [6.45, 7) is 0.314. The monoisotopic (exact) mass is 434 g/mol. The molecule has 0 aromatic rings. The van der Waals surface area contributed by atoms with E-state index in [2.05, 4.69) is 20.9 Å². The van der Waals surface area contributed by atoms with Gasteiger partial charge in [-0.05, 0) is 43.9 Å². The minimum Gasteiger partial charge on any atom is -0.354 e. The van der Waals surface area contributed by atoms with Gasteiger partial charge in [-0.2, -0.15) is 0 Å². The van der Waals surface area contributed by atoms with Crippen LogP contribution >= 0.6 is 24.0 Å². The third-order valence-electron chi connectivity index (χ3n) is 5.46. The Labute approximate surface area is 156 Å². The van der Waals surface area contributed by atoms with Gasteiger partial charge in [0.15, 0.2) is 5.96 Å². The number of hydrogen-bond acceptors (Lipinski definition) is 2. The van der Waals surface area contributed by atoms with E-state index in [-0.39, 0.29) is 29.9 Å². The zero-order valence-electron chi connectivity index (χ0n) is 14.1. The maximum absolute atomic E-state index is 11.7. The van der Waals surface area contributed by atoms with Crippen molar-refractivity contribution in [2.75, 3.05) is 13.6 Å². The van der Waals surface area contributed by atoms with E-state index in [0.717, 1.165) is 30.6 Å². The molecule has 3 rings (SSSR count). The van der Waals surface area contributed by atoms with E-state index in [1.807, 2.05) is 0 Å². The lowest BCUT2D eigenvalue weighted by molar-refractivity contribution is -0.120. The van der Waals surface area contributed by atoms with Crippen LogP contribution in [0, 0.1) is 11.8 Å². The molecule has 3 atom stereocenters. The lowest BCUT2D eigenvalue weighted by atomic mass is 9.69. The third kappa shape index (κ3) is 5.80. The van der Waals surface area contributed by atoms with E-state index < -0.39 is 0 Å². The van der Waals surface area contributed by atoms with Gasteiger partial charge in [-0.15, -0.1) is 24.0 Å². The molecule has 0 heterocycles. The second-order valence-corrected chi connectivity index (χ2v) is 7.23. The zero-order valence-corrected chi connectivity index (χ0v) is 16.5. The molecule has 0 radical (unpaired) electrons. The highest BCUT2D eigenvalue weighted by molar-refractivity contribution is 14.0. The number of hydrogen-bond donors (Lipinski definition) is 3. The van der Waals surface area contributed by atoms with Crippen LogP contribution in [0.2, 0.25) is 0 Å². The lowest BCUT2D eigenvalue weighted by Gasteiger charge is -2.39. The Morgan fingerprint density at radius 3 is 2.35 bits per heavy atom. The van der Waals surface area contributed by atoms with Crippen molar-refractivity contribution in [1.29, 1.82) is 0 Å². The number of guanidine groups is 1. The summed E-state index contributed by atoms with van der Waals surface area (Å²) >= 11 is 0. The van der Waals surface area contributed by atoms with Gasteiger partial charge in [-0.25, -0.2) is 0 Å². The van der Waals surface area contributed by atoms with Gasteiger partial charge in [0.2, 0.25) is 5.91 Å². The van der Waals surface area contributed by atoms with Crippen LogP contribution in [-0.4, -0.2) is 37.5 Å². The normalized spacial score (nSPS) is 30.7. The largest absolute Gasteiger partial charge is 0.354 e. The van der Waals surface area contributed by atoms with Crippen molar-refractivity contribution in [2.24, 2.45) is 16.8 Å². The number of carbonyl (C=O) groups is 1. The molecule has 3 fully saturated rings. The number of carbonyl (C=O) groups excluding carboxylic acids is 1. The Hall–Kier alpha value is -0.530. The fourth-order valence-electron chi connectivity index (χ4n) is 4.06. The van der Waals surface area contributed by atoms with E-state index in [0.29, 0.717) is 18.6 Å². The SMILES string of the molecule is CN=C(NCC(=O)NC1CC1)NC1CCC2CCCCC2C1.I. The summed E-state index contributed by atoms with van der Waals surface area (Å²) < 4.78 is 0. The van der Waals surface area contributed by atoms with E-state index in [1.54, 1.807) is 7.05 Å². The van der Waals surface area contributed by atoms with Crippen molar-refractivity contribution < 1.29 is 4.79 Å². The molecule has 0 aromatic heterocycles. The molecule has 3 aliphatic rings. The summed E-state index contributed by atoms with van der Waals surface area (Å²) in [4.78, 5) is 16.0. The highest BCUT2D eigenvalue weighted by Gasteiger charge is 2.32. The van der Waals surface area contributed by atoms with Crippen molar-refractivity contribution in [2.45, 2.75) is 69.9 Å². The number of nitrogens with zero attached hydrogens (tertiary/aromatic N) is 1. The quantitative estimate of drug-likeness (QED) is 0.362. The average Bonchev–Trinajstić information content (AvgIpc) is 3.35. The molecule has 0 bridgehead atoms. The molecule has 3 aliphatic carbocycles. The van der Waals surface area contributed by atoms with E-state index in [9.17, 15) is 4.79 Å². The van der Waals surface area contributed by atoms with Crippen LogP contribution in [0.1, 0.15) is 57.8 Å². The molecule has 0 spiro atoms. The van der Waals surface area contributed by atoms with Crippen LogP contribution in [0.15, 0.2) is 4.99 Å². The Morgan fingerprint density at radius 2 is 1.65 bits per heavy atom. The first-order chi connectivity index (χ1) is 10.7. The maximum atomic E-state index is 11.7. The van der Waals surface area contributed by atoms with Crippen LogP contribution in [0.25, 0.3) is 0 Å². The molecular weight excluding hydrogens is 403 g/mol. The number of halogens is 1. The second-order valence-electron chi connectivity index (χ2n) is 7.23. The molecule has 3 unspecified atom stereocenters. The smallest absolute Gasteiger partial charge is 0.239 e. The van der Waals surface area contributed by atoms with Crippen molar-refractivity contribution in [1.82, 2.24) is 16.0 Å². The Morgan fingerprint density at radius 1 is 0.957 bits per heavy atom. The lowest BCUT2D eigenvalue weighted by Crippen LogP contribution is -2.49. The fraction of sp³-hybridized carbons (Fsp3) is 0.882. The van der Waals surface area contributed by atoms with E-state index in [1.165, 1.54) is 44.9 Å². The van der Waals surface area contributed by atoms with Crippen LogP contribution < -0.4 is 16.0 Å². The molecular formula is C17H31IN4O. The highest BCUT2D eigenvalue weighted by atomic mass is 127. The minimum atomic E-state index is 0. The van der Waals surface area contributed by atoms with Crippen LogP contribution in [0.3, 0.4) is 0 Å². The summed E-state index contributed by atoms with van der Waals surface area (Å²) in [6, 6.07) is 0.933. The molecule has 3 N–H and O–H groups in total. The molecule has 6 heteroatoms. The van der Waals surface area contributed by atoms with Gasteiger partial charge in [0.25, 0.3) is 0 Å². The maximum Gasteiger partial charge on any atom is 0.239 e. The van der Waals surface area contributed by atoms with Gasteiger partial charge in [0.1, 0.15) is 0 Å².